The number of nitrogens with one attached hydrogen (secondary N) is 1. The van der Waals surface area contributed by atoms with E-state index < -0.39 is 15.9 Å². The van der Waals surface area contributed by atoms with Crippen LogP contribution in [-0.4, -0.2) is 37.6 Å². The molecule has 2 aromatic carbocycles. The second-order valence-electron chi connectivity index (χ2n) is 6.79. The lowest BCUT2D eigenvalue weighted by Crippen LogP contribution is -2.47. The van der Waals surface area contributed by atoms with Crippen LogP contribution in [0, 0.1) is 0 Å². The Balaban J connectivity index is 1.68. The summed E-state index contributed by atoms with van der Waals surface area (Å²) in [4.78, 5) is 0. The number of aliphatic hydroxyl groups excluding tert-OH is 1. The fraction of sp³-hybridized carbons (Fsp3) is 0.474. The van der Waals surface area contributed by atoms with Crippen LogP contribution < -0.4 is 5.32 Å². The standard InChI is InChI=1S/C19H25NO3S/c1-24(22,23)19-9-5-4-8-17(19)20-13-18(21)16-11-10-14-6-2-3-7-15(14)12-16/h2-3,6-7,10-12,17-21H,4-5,8-9,13H2,1H3. The van der Waals surface area contributed by atoms with Crippen LogP contribution >= 0.6 is 0 Å². The minimum atomic E-state index is -3.06. The van der Waals surface area contributed by atoms with Crippen molar-refractivity contribution in [2.24, 2.45) is 0 Å². The molecule has 0 spiro atoms. The Labute approximate surface area is 143 Å². The summed E-state index contributed by atoms with van der Waals surface area (Å²) in [6.45, 7) is 0.370. The SMILES string of the molecule is CS(=O)(=O)C1CCCCC1NCC(O)c1ccc2ccccc2c1. The second-order valence-corrected chi connectivity index (χ2v) is 9.05. The molecule has 5 heteroatoms. The van der Waals surface area contributed by atoms with E-state index in [0.717, 1.165) is 35.6 Å². The summed E-state index contributed by atoms with van der Waals surface area (Å²) in [6.07, 6.45) is 4.23. The van der Waals surface area contributed by atoms with Crippen molar-refractivity contribution in [3.05, 3.63) is 48.0 Å². The van der Waals surface area contributed by atoms with E-state index in [4.69, 9.17) is 0 Å². The molecular weight excluding hydrogens is 322 g/mol. The van der Waals surface area contributed by atoms with Crippen molar-refractivity contribution in [2.75, 3.05) is 12.8 Å². The summed E-state index contributed by atoms with van der Waals surface area (Å²) in [7, 11) is -3.06. The quantitative estimate of drug-likeness (QED) is 0.873. The summed E-state index contributed by atoms with van der Waals surface area (Å²) in [5.41, 5.74) is 0.855. The van der Waals surface area contributed by atoms with Crippen molar-refractivity contribution in [3.63, 3.8) is 0 Å². The molecule has 0 aliphatic heterocycles. The van der Waals surface area contributed by atoms with Gasteiger partial charge in [0.25, 0.3) is 0 Å². The molecule has 0 heterocycles. The molecule has 3 unspecified atom stereocenters. The van der Waals surface area contributed by atoms with Crippen LogP contribution in [0.3, 0.4) is 0 Å². The molecule has 130 valence electrons. The van der Waals surface area contributed by atoms with Crippen molar-refractivity contribution in [3.8, 4) is 0 Å². The third-order valence-corrected chi connectivity index (χ3v) is 6.65. The monoisotopic (exact) mass is 347 g/mol. The number of sulfone groups is 1. The van der Waals surface area contributed by atoms with E-state index >= 15 is 0 Å². The Bertz CT molecular complexity index is 803. The molecule has 1 aliphatic rings. The predicted molar refractivity (Wildman–Crippen MR) is 97.8 cm³/mol. The maximum Gasteiger partial charge on any atom is 0.151 e. The van der Waals surface area contributed by atoms with Gasteiger partial charge < -0.3 is 10.4 Å². The smallest absolute Gasteiger partial charge is 0.151 e. The highest BCUT2D eigenvalue weighted by Gasteiger charge is 2.32. The molecule has 0 radical (unpaired) electrons. The van der Waals surface area contributed by atoms with Crippen LogP contribution in [0.15, 0.2) is 42.5 Å². The number of aliphatic hydroxyl groups is 1. The second kappa shape index (κ2) is 7.21. The molecule has 1 fully saturated rings. The molecule has 1 saturated carbocycles. The number of rotatable bonds is 5. The third-order valence-electron chi connectivity index (χ3n) is 4.98. The van der Waals surface area contributed by atoms with Crippen molar-refractivity contribution < 1.29 is 13.5 Å². The highest BCUT2D eigenvalue weighted by Crippen LogP contribution is 2.25. The highest BCUT2D eigenvalue weighted by molar-refractivity contribution is 7.91. The van der Waals surface area contributed by atoms with E-state index in [2.05, 4.69) is 5.32 Å². The van der Waals surface area contributed by atoms with Crippen molar-refractivity contribution in [1.82, 2.24) is 5.32 Å². The molecule has 1 aliphatic carbocycles. The number of benzene rings is 2. The van der Waals surface area contributed by atoms with E-state index in [1.807, 2.05) is 42.5 Å². The number of hydrogen-bond donors (Lipinski definition) is 2. The molecule has 24 heavy (non-hydrogen) atoms. The summed E-state index contributed by atoms with van der Waals surface area (Å²) in [5, 5.41) is 15.7. The zero-order chi connectivity index (χ0) is 17.2. The van der Waals surface area contributed by atoms with Crippen LogP contribution in [0.4, 0.5) is 0 Å². The van der Waals surface area contributed by atoms with Gasteiger partial charge in [-0.05, 0) is 35.2 Å². The predicted octanol–water partition coefficient (Wildman–Crippen LogP) is 2.82. The fourth-order valence-electron chi connectivity index (χ4n) is 3.64. The fourth-order valence-corrected chi connectivity index (χ4v) is 5.06. The average Bonchev–Trinajstić information content (AvgIpc) is 2.58. The molecule has 4 nitrogen and oxygen atoms in total. The van der Waals surface area contributed by atoms with Crippen LogP contribution in [0.1, 0.15) is 37.4 Å². The Morgan fingerprint density at radius 1 is 1.12 bits per heavy atom. The molecule has 2 aromatic rings. The summed E-state index contributed by atoms with van der Waals surface area (Å²) in [5.74, 6) is 0. The first-order valence-electron chi connectivity index (χ1n) is 8.54. The first-order chi connectivity index (χ1) is 11.4. The minimum Gasteiger partial charge on any atom is -0.387 e. The van der Waals surface area contributed by atoms with E-state index in [1.165, 1.54) is 6.26 Å². The first-order valence-corrected chi connectivity index (χ1v) is 10.5. The lowest BCUT2D eigenvalue weighted by molar-refractivity contribution is 0.166. The Hall–Kier alpha value is -1.43. The largest absolute Gasteiger partial charge is 0.387 e. The molecule has 0 saturated heterocycles. The van der Waals surface area contributed by atoms with Crippen molar-refractivity contribution in [2.45, 2.75) is 43.1 Å². The Morgan fingerprint density at radius 2 is 1.83 bits per heavy atom. The van der Waals surface area contributed by atoms with Crippen LogP contribution in [0.25, 0.3) is 10.8 Å². The van der Waals surface area contributed by atoms with Gasteiger partial charge in [-0.25, -0.2) is 8.42 Å². The maximum atomic E-state index is 12.0. The van der Waals surface area contributed by atoms with Gasteiger partial charge in [0.05, 0.1) is 11.4 Å². The molecule has 0 aromatic heterocycles. The minimum absolute atomic E-state index is 0.0659. The van der Waals surface area contributed by atoms with E-state index in [-0.39, 0.29) is 11.3 Å². The van der Waals surface area contributed by atoms with Crippen molar-refractivity contribution in [1.29, 1.82) is 0 Å². The molecule has 2 N–H and O–H groups in total. The Kier molecular flexibility index (Phi) is 5.23. The lowest BCUT2D eigenvalue weighted by Gasteiger charge is -2.31. The molecular formula is C19H25NO3S. The van der Waals surface area contributed by atoms with Gasteiger partial charge in [0, 0.05) is 18.8 Å². The summed E-state index contributed by atoms with van der Waals surface area (Å²) in [6, 6.07) is 13.9. The van der Waals surface area contributed by atoms with Gasteiger partial charge in [-0.1, -0.05) is 49.2 Å². The highest BCUT2D eigenvalue weighted by atomic mass is 32.2. The maximum absolute atomic E-state index is 12.0. The van der Waals surface area contributed by atoms with E-state index in [1.54, 1.807) is 0 Å². The van der Waals surface area contributed by atoms with Crippen LogP contribution in [-0.2, 0) is 9.84 Å². The van der Waals surface area contributed by atoms with Crippen LogP contribution in [0.5, 0.6) is 0 Å². The zero-order valence-corrected chi connectivity index (χ0v) is 14.8. The normalized spacial score (nSPS) is 23.2. The van der Waals surface area contributed by atoms with E-state index in [0.29, 0.717) is 13.0 Å². The van der Waals surface area contributed by atoms with Gasteiger partial charge >= 0.3 is 0 Å². The van der Waals surface area contributed by atoms with Crippen LogP contribution in [0.2, 0.25) is 0 Å². The molecule has 3 atom stereocenters. The topological polar surface area (TPSA) is 66.4 Å². The molecule has 3 rings (SSSR count). The van der Waals surface area contributed by atoms with Gasteiger partial charge in [-0.3, -0.25) is 0 Å². The zero-order valence-electron chi connectivity index (χ0n) is 14.0. The summed E-state index contributed by atoms with van der Waals surface area (Å²) < 4.78 is 23.9. The molecule has 0 bridgehead atoms. The van der Waals surface area contributed by atoms with Crippen molar-refractivity contribution >= 4 is 20.6 Å². The van der Waals surface area contributed by atoms with Gasteiger partial charge in [-0.15, -0.1) is 0 Å². The lowest BCUT2D eigenvalue weighted by atomic mass is 9.94. The Morgan fingerprint density at radius 3 is 2.58 bits per heavy atom. The third kappa shape index (κ3) is 3.97. The van der Waals surface area contributed by atoms with Gasteiger partial charge in [0.2, 0.25) is 0 Å². The number of fused-ring (bicyclic) bond motifs is 1. The average molecular weight is 347 g/mol. The molecule has 0 amide bonds. The summed E-state index contributed by atoms with van der Waals surface area (Å²) >= 11 is 0. The van der Waals surface area contributed by atoms with Gasteiger partial charge in [0.15, 0.2) is 9.84 Å². The van der Waals surface area contributed by atoms with E-state index in [9.17, 15) is 13.5 Å². The first kappa shape index (κ1) is 17.4. The number of hydrogen-bond acceptors (Lipinski definition) is 4. The van der Waals surface area contributed by atoms with Gasteiger partial charge in [-0.2, -0.15) is 0 Å². The van der Waals surface area contributed by atoms with Gasteiger partial charge in [0.1, 0.15) is 0 Å².